The van der Waals surface area contributed by atoms with Crippen LogP contribution in [0.4, 0.5) is 0 Å². The van der Waals surface area contributed by atoms with Crippen LogP contribution in [0.15, 0.2) is 47.0 Å². The van der Waals surface area contributed by atoms with Crippen molar-refractivity contribution in [2.75, 3.05) is 13.2 Å². The van der Waals surface area contributed by atoms with Crippen LogP contribution in [0, 0.1) is 11.8 Å². The Labute approximate surface area is 176 Å². The molecular weight excluding hydrogens is 396 g/mol. The molecule has 0 aromatic heterocycles. The van der Waals surface area contributed by atoms with Gasteiger partial charge in [0.1, 0.15) is 30.2 Å². The van der Waals surface area contributed by atoms with E-state index >= 15 is 0 Å². The van der Waals surface area contributed by atoms with Gasteiger partial charge in [0.2, 0.25) is 0 Å². The summed E-state index contributed by atoms with van der Waals surface area (Å²) < 4.78 is 11.2. The van der Waals surface area contributed by atoms with E-state index in [0.717, 1.165) is 16.9 Å². The van der Waals surface area contributed by atoms with E-state index < -0.39 is 37.1 Å². The van der Waals surface area contributed by atoms with Gasteiger partial charge < -0.3 is 29.9 Å². The van der Waals surface area contributed by atoms with Crippen LogP contribution in [0.3, 0.4) is 0 Å². The average Bonchev–Trinajstić information content (AvgIpc) is 2.70. The van der Waals surface area contributed by atoms with Gasteiger partial charge in [-0.2, -0.15) is 0 Å². The molecular formula is C22H29ClO6. The van der Waals surface area contributed by atoms with E-state index in [0.29, 0.717) is 18.1 Å². The lowest BCUT2D eigenvalue weighted by atomic mass is 9.77. The van der Waals surface area contributed by atoms with Crippen LogP contribution >= 0.6 is 11.6 Å². The number of aliphatic hydroxyl groups is 4. The normalized spacial score (nSPS) is 35.1. The SMILES string of the molecule is CCOc1ccc(CC2=CC([C@@H]3O[C@H](CO)[C@@H](O)[C@H](O)[C@H]3O)C(C)C=C2Cl)cc1. The molecule has 6 nitrogen and oxygen atoms in total. The Kier molecular flexibility index (Phi) is 7.37. The molecule has 0 radical (unpaired) electrons. The van der Waals surface area contributed by atoms with Crippen molar-refractivity contribution in [2.24, 2.45) is 11.8 Å². The van der Waals surface area contributed by atoms with E-state index in [9.17, 15) is 20.4 Å². The molecule has 1 heterocycles. The lowest BCUT2D eigenvalue weighted by Gasteiger charge is -2.44. The Balaban J connectivity index is 1.81. The lowest BCUT2D eigenvalue weighted by Crippen LogP contribution is -2.60. The molecule has 1 aromatic rings. The molecule has 0 bridgehead atoms. The molecule has 4 N–H and O–H groups in total. The van der Waals surface area contributed by atoms with Crippen molar-refractivity contribution in [3.8, 4) is 5.75 Å². The summed E-state index contributed by atoms with van der Waals surface area (Å²) in [4.78, 5) is 0. The third-order valence-electron chi connectivity index (χ3n) is 5.65. The fourth-order valence-electron chi connectivity index (χ4n) is 3.99. The van der Waals surface area contributed by atoms with E-state index in [1.807, 2.05) is 50.3 Å². The van der Waals surface area contributed by atoms with Crippen LogP contribution in [-0.2, 0) is 11.2 Å². The van der Waals surface area contributed by atoms with Crippen LogP contribution in [0.2, 0.25) is 0 Å². The molecule has 0 amide bonds. The Hall–Kier alpha value is -1.41. The first-order valence-electron chi connectivity index (χ1n) is 9.96. The summed E-state index contributed by atoms with van der Waals surface area (Å²) in [6.45, 7) is 4.06. The van der Waals surface area contributed by atoms with Crippen molar-refractivity contribution in [1.82, 2.24) is 0 Å². The van der Waals surface area contributed by atoms with Gasteiger partial charge in [0.05, 0.1) is 19.3 Å². The predicted molar refractivity (Wildman–Crippen MR) is 110 cm³/mol. The maximum absolute atomic E-state index is 10.5. The third kappa shape index (κ3) is 4.85. The highest BCUT2D eigenvalue weighted by atomic mass is 35.5. The van der Waals surface area contributed by atoms with Gasteiger partial charge in [0.25, 0.3) is 0 Å². The number of benzene rings is 1. The Bertz CT molecular complexity index is 744. The van der Waals surface area contributed by atoms with Crippen LogP contribution in [0.25, 0.3) is 0 Å². The first-order valence-corrected chi connectivity index (χ1v) is 10.3. The zero-order valence-corrected chi connectivity index (χ0v) is 17.4. The molecule has 2 unspecified atom stereocenters. The molecule has 3 rings (SSSR count). The Morgan fingerprint density at radius 3 is 2.34 bits per heavy atom. The Morgan fingerprint density at radius 1 is 1.03 bits per heavy atom. The summed E-state index contributed by atoms with van der Waals surface area (Å²) in [5.41, 5.74) is 1.96. The van der Waals surface area contributed by atoms with Gasteiger partial charge in [-0.25, -0.2) is 0 Å². The van der Waals surface area contributed by atoms with E-state index in [1.54, 1.807) is 0 Å². The van der Waals surface area contributed by atoms with Crippen molar-refractivity contribution < 1.29 is 29.9 Å². The minimum Gasteiger partial charge on any atom is -0.494 e. The fourth-order valence-corrected chi connectivity index (χ4v) is 4.32. The van der Waals surface area contributed by atoms with Crippen molar-refractivity contribution in [1.29, 1.82) is 0 Å². The van der Waals surface area contributed by atoms with Gasteiger partial charge in [-0.15, -0.1) is 0 Å². The molecule has 0 spiro atoms. The molecule has 7 atom stereocenters. The van der Waals surface area contributed by atoms with Crippen molar-refractivity contribution in [2.45, 2.75) is 50.8 Å². The number of aliphatic hydroxyl groups excluding tert-OH is 4. The number of halogens is 1. The monoisotopic (exact) mass is 424 g/mol. The maximum Gasteiger partial charge on any atom is 0.119 e. The summed E-state index contributed by atoms with van der Waals surface area (Å²) in [5.74, 6) is 0.498. The highest BCUT2D eigenvalue weighted by Crippen LogP contribution is 2.38. The molecule has 160 valence electrons. The number of hydrogen-bond donors (Lipinski definition) is 4. The summed E-state index contributed by atoms with van der Waals surface area (Å²) in [5, 5.41) is 40.8. The average molecular weight is 425 g/mol. The summed E-state index contributed by atoms with van der Waals surface area (Å²) >= 11 is 6.49. The second-order valence-electron chi connectivity index (χ2n) is 7.69. The van der Waals surface area contributed by atoms with Gasteiger partial charge in [-0.3, -0.25) is 0 Å². The lowest BCUT2D eigenvalue weighted by molar-refractivity contribution is -0.239. The number of allylic oxidation sites excluding steroid dienone is 3. The standard InChI is InChI=1S/C22H29ClO6/c1-3-28-15-6-4-13(5-7-15)9-14-10-16(12(2)8-17(14)23)22-21(27)20(26)19(25)18(11-24)29-22/h4-8,10,12,16,18-22,24-27H,3,9,11H2,1-2H3/t12?,16?,18-,19-,20+,21-,22+/m1/s1. The minimum atomic E-state index is -1.39. The Morgan fingerprint density at radius 2 is 1.72 bits per heavy atom. The van der Waals surface area contributed by atoms with Crippen molar-refractivity contribution >= 4 is 11.6 Å². The quantitative estimate of drug-likeness (QED) is 0.555. The van der Waals surface area contributed by atoms with Crippen LogP contribution in [0.1, 0.15) is 19.4 Å². The zero-order chi connectivity index (χ0) is 21.1. The molecule has 1 saturated heterocycles. The second kappa shape index (κ2) is 9.60. The van der Waals surface area contributed by atoms with E-state index in [4.69, 9.17) is 21.1 Å². The zero-order valence-electron chi connectivity index (χ0n) is 16.6. The van der Waals surface area contributed by atoms with Gasteiger partial charge in [0, 0.05) is 11.0 Å². The van der Waals surface area contributed by atoms with Crippen molar-refractivity contribution in [3.05, 3.63) is 52.6 Å². The molecule has 7 heteroatoms. The molecule has 1 aliphatic heterocycles. The van der Waals surface area contributed by atoms with E-state index in [-0.39, 0.29) is 11.8 Å². The summed E-state index contributed by atoms with van der Waals surface area (Å²) in [7, 11) is 0. The van der Waals surface area contributed by atoms with Gasteiger partial charge in [0.15, 0.2) is 0 Å². The predicted octanol–water partition coefficient (Wildman–Crippen LogP) is 1.79. The molecule has 2 aliphatic rings. The summed E-state index contributed by atoms with van der Waals surface area (Å²) in [6, 6.07) is 7.79. The maximum atomic E-state index is 10.5. The highest BCUT2D eigenvalue weighted by molar-refractivity contribution is 6.32. The molecule has 1 aromatic carbocycles. The van der Waals surface area contributed by atoms with Crippen LogP contribution in [0.5, 0.6) is 5.75 Å². The van der Waals surface area contributed by atoms with Gasteiger partial charge in [-0.05, 0) is 42.5 Å². The molecule has 1 fully saturated rings. The number of ether oxygens (including phenoxy) is 2. The highest BCUT2D eigenvalue weighted by Gasteiger charge is 2.47. The van der Waals surface area contributed by atoms with Crippen LogP contribution in [-0.4, -0.2) is 64.2 Å². The second-order valence-corrected chi connectivity index (χ2v) is 8.10. The topological polar surface area (TPSA) is 99.4 Å². The molecule has 0 saturated carbocycles. The third-order valence-corrected chi connectivity index (χ3v) is 6.02. The van der Waals surface area contributed by atoms with E-state index in [1.165, 1.54) is 0 Å². The van der Waals surface area contributed by atoms with Gasteiger partial charge >= 0.3 is 0 Å². The smallest absolute Gasteiger partial charge is 0.119 e. The molecule has 1 aliphatic carbocycles. The minimum absolute atomic E-state index is 0.0481. The first-order chi connectivity index (χ1) is 13.8. The largest absolute Gasteiger partial charge is 0.494 e. The first kappa shape index (κ1) is 22.3. The van der Waals surface area contributed by atoms with Crippen LogP contribution < -0.4 is 4.74 Å². The number of hydrogen-bond acceptors (Lipinski definition) is 6. The molecule has 29 heavy (non-hydrogen) atoms. The van der Waals surface area contributed by atoms with Crippen molar-refractivity contribution in [3.63, 3.8) is 0 Å². The summed E-state index contributed by atoms with van der Waals surface area (Å²) in [6.07, 6.45) is -1.23. The number of rotatable bonds is 6. The van der Waals surface area contributed by atoms with E-state index in [2.05, 4.69) is 0 Å². The fraction of sp³-hybridized carbons (Fsp3) is 0.545. The van der Waals surface area contributed by atoms with Gasteiger partial charge in [-0.1, -0.05) is 42.8 Å².